The summed E-state index contributed by atoms with van der Waals surface area (Å²) < 4.78 is 4.69. The molecule has 0 bridgehead atoms. The second-order valence-electron chi connectivity index (χ2n) is 6.75. The van der Waals surface area contributed by atoms with Crippen LogP contribution in [0.2, 0.25) is 0 Å². The van der Waals surface area contributed by atoms with Crippen molar-refractivity contribution >= 4 is 17.7 Å². The summed E-state index contributed by atoms with van der Waals surface area (Å²) in [5.74, 6) is -1.97. The highest BCUT2D eigenvalue weighted by Crippen LogP contribution is 2.37. The fourth-order valence-electron chi connectivity index (χ4n) is 3.47. The van der Waals surface area contributed by atoms with Crippen molar-refractivity contribution in [2.45, 2.75) is 19.4 Å². The molecule has 0 saturated carbocycles. The Bertz CT molecular complexity index is 993. The van der Waals surface area contributed by atoms with Gasteiger partial charge in [-0.1, -0.05) is 24.3 Å². The van der Waals surface area contributed by atoms with Crippen molar-refractivity contribution in [1.82, 2.24) is 4.90 Å². The van der Waals surface area contributed by atoms with Gasteiger partial charge in [-0.05, 0) is 48.7 Å². The number of carbonyl (C=O) groups is 3. The Labute approximate surface area is 167 Å². The number of benzene rings is 2. The number of nitrogens with zero attached hydrogens (tertiary/aromatic N) is 1. The first-order valence-electron chi connectivity index (χ1n) is 9.04. The lowest BCUT2D eigenvalue weighted by Gasteiger charge is -2.26. The number of aliphatic hydroxyl groups is 1. The Morgan fingerprint density at radius 1 is 1.10 bits per heavy atom. The molecule has 1 aliphatic rings. The summed E-state index contributed by atoms with van der Waals surface area (Å²) in [6.07, 6.45) is 0.426. The van der Waals surface area contributed by atoms with Crippen LogP contribution in [0.5, 0.6) is 5.75 Å². The second-order valence-corrected chi connectivity index (χ2v) is 6.75. The molecule has 0 aliphatic carbocycles. The maximum absolute atomic E-state index is 12.7. The van der Waals surface area contributed by atoms with Gasteiger partial charge in [0.1, 0.15) is 5.75 Å². The molecular formula is C22H21NO6. The minimum absolute atomic E-state index is 0.0247. The first kappa shape index (κ1) is 20.1. The van der Waals surface area contributed by atoms with E-state index in [1.165, 1.54) is 18.9 Å². The largest absolute Gasteiger partial charge is 0.508 e. The fraction of sp³-hybridized carbons (Fsp3) is 0.227. The Morgan fingerprint density at radius 2 is 1.79 bits per heavy atom. The zero-order valence-corrected chi connectivity index (χ0v) is 16.1. The molecule has 2 aromatic carbocycles. The van der Waals surface area contributed by atoms with Gasteiger partial charge >= 0.3 is 5.97 Å². The molecule has 0 aromatic heterocycles. The van der Waals surface area contributed by atoms with E-state index in [9.17, 15) is 24.6 Å². The van der Waals surface area contributed by atoms with Crippen LogP contribution in [0, 0.1) is 0 Å². The lowest BCUT2D eigenvalue weighted by atomic mass is 9.95. The van der Waals surface area contributed by atoms with Crippen molar-refractivity contribution < 1.29 is 29.3 Å². The Morgan fingerprint density at radius 3 is 2.38 bits per heavy atom. The van der Waals surface area contributed by atoms with Crippen molar-refractivity contribution in [3.05, 3.63) is 76.6 Å². The van der Waals surface area contributed by atoms with E-state index in [2.05, 4.69) is 4.74 Å². The van der Waals surface area contributed by atoms with Gasteiger partial charge in [-0.2, -0.15) is 0 Å². The summed E-state index contributed by atoms with van der Waals surface area (Å²) in [4.78, 5) is 37.9. The third-order valence-electron chi connectivity index (χ3n) is 4.88. The number of aromatic hydroxyl groups is 1. The maximum Gasteiger partial charge on any atom is 0.337 e. The average Bonchev–Trinajstić information content (AvgIpc) is 2.96. The third kappa shape index (κ3) is 3.99. The van der Waals surface area contributed by atoms with Crippen LogP contribution >= 0.6 is 0 Å². The standard InChI is InChI=1S/C22H21NO6/c1-13(24)18-19(15-6-8-16(9-7-15)22(28)29-2)23(21(27)20(18)26)11-10-14-4-3-5-17(25)12-14/h3-9,12,19,25-26H,10-11H2,1-2H3. The number of phenols is 1. The van der Waals surface area contributed by atoms with Crippen molar-refractivity contribution in [2.75, 3.05) is 13.7 Å². The van der Waals surface area contributed by atoms with Gasteiger partial charge in [0.05, 0.1) is 24.3 Å². The SMILES string of the molecule is COC(=O)c1ccc(C2C(C(C)=O)=C(O)C(=O)N2CCc2cccc(O)c2)cc1. The number of phenolic OH excluding ortho intramolecular Hbond substituents is 1. The topological polar surface area (TPSA) is 104 Å². The number of aliphatic hydroxyl groups excluding tert-OH is 1. The van der Waals surface area contributed by atoms with E-state index in [1.807, 2.05) is 6.07 Å². The summed E-state index contributed by atoms with van der Waals surface area (Å²) in [5.41, 5.74) is 1.77. The molecule has 3 rings (SSSR count). The summed E-state index contributed by atoms with van der Waals surface area (Å²) in [6.45, 7) is 1.53. The number of hydrogen-bond donors (Lipinski definition) is 2. The number of Topliss-reactive ketones (excluding diaryl/α,β-unsaturated/α-hetero) is 1. The minimum atomic E-state index is -0.760. The van der Waals surface area contributed by atoms with E-state index in [-0.39, 0.29) is 17.9 Å². The molecule has 1 aliphatic heterocycles. The van der Waals surface area contributed by atoms with Crippen LogP contribution < -0.4 is 0 Å². The summed E-state index contributed by atoms with van der Waals surface area (Å²) in [5, 5.41) is 19.9. The molecule has 2 N–H and O–H groups in total. The number of carbonyl (C=O) groups excluding carboxylic acids is 3. The number of esters is 1. The number of ketones is 1. The number of methoxy groups -OCH3 is 1. The monoisotopic (exact) mass is 395 g/mol. The second kappa shape index (κ2) is 8.18. The van der Waals surface area contributed by atoms with Crippen LogP contribution in [0.3, 0.4) is 0 Å². The number of rotatable bonds is 6. The van der Waals surface area contributed by atoms with Gasteiger partial charge in [0, 0.05) is 6.54 Å². The van der Waals surface area contributed by atoms with E-state index in [4.69, 9.17) is 0 Å². The smallest absolute Gasteiger partial charge is 0.337 e. The minimum Gasteiger partial charge on any atom is -0.508 e. The number of hydrogen-bond acceptors (Lipinski definition) is 6. The molecule has 1 unspecified atom stereocenters. The first-order valence-corrected chi connectivity index (χ1v) is 9.04. The third-order valence-corrected chi connectivity index (χ3v) is 4.88. The predicted octanol–water partition coefficient (Wildman–Crippen LogP) is 2.71. The Hall–Kier alpha value is -3.61. The van der Waals surface area contributed by atoms with Crippen molar-refractivity contribution in [1.29, 1.82) is 0 Å². The molecule has 0 radical (unpaired) electrons. The van der Waals surface area contributed by atoms with Gasteiger partial charge in [0.15, 0.2) is 11.5 Å². The Balaban J connectivity index is 1.93. The van der Waals surface area contributed by atoms with Crippen LogP contribution in [-0.2, 0) is 20.7 Å². The molecular weight excluding hydrogens is 374 g/mol. The van der Waals surface area contributed by atoms with E-state index < -0.39 is 29.5 Å². The molecule has 0 fully saturated rings. The molecule has 7 nitrogen and oxygen atoms in total. The Kier molecular flexibility index (Phi) is 5.68. The molecule has 1 heterocycles. The average molecular weight is 395 g/mol. The number of ether oxygens (including phenoxy) is 1. The van der Waals surface area contributed by atoms with Crippen LogP contribution in [0.25, 0.3) is 0 Å². The molecule has 7 heteroatoms. The van der Waals surface area contributed by atoms with Gasteiger partial charge in [-0.15, -0.1) is 0 Å². The highest BCUT2D eigenvalue weighted by Gasteiger charge is 2.42. The summed E-state index contributed by atoms with van der Waals surface area (Å²) >= 11 is 0. The van der Waals surface area contributed by atoms with Gasteiger partial charge < -0.3 is 19.8 Å². The van der Waals surface area contributed by atoms with Crippen molar-refractivity contribution in [3.63, 3.8) is 0 Å². The summed E-state index contributed by atoms with van der Waals surface area (Å²) in [6, 6.07) is 12.3. The van der Waals surface area contributed by atoms with Gasteiger partial charge in [0.25, 0.3) is 5.91 Å². The van der Waals surface area contributed by atoms with Crippen LogP contribution in [0.15, 0.2) is 59.9 Å². The molecule has 2 aromatic rings. The lowest BCUT2D eigenvalue weighted by molar-refractivity contribution is -0.129. The number of amides is 1. The summed E-state index contributed by atoms with van der Waals surface area (Å²) in [7, 11) is 1.28. The van der Waals surface area contributed by atoms with E-state index in [1.54, 1.807) is 42.5 Å². The maximum atomic E-state index is 12.7. The fourth-order valence-corrected chi connectivity index (χ4v) is 3.47. The molecule has 29 heavy (non-hydrogen) atoms. The van der Waals surface area contributed by atoms with Gasteiger partial charge in [-0.3, -0.25) is 9.59 Å². The quantitative estimate of drug-likeness (QED) is 0.729. The lowest BCUT2D eigenvalue weighted by Crippen LogP contribution is -2.33. The van der Waals surface area contributed by atoms with Crippen LogP contribution in [0.4, 0.5) is 0 Å². The van der Waals surface area contributed by atoms with Gasteiger partial charge in [-0.25, -0.2) is 4.79 Å². The molecule has 1 atom stereocenters. The van der Waals surface area contributed by atoms with E-state index in [0.717, 1.165) is 5.56 Å². The first-order chi connectivity index (χ1) is 13.8. The van der Waals surface area contributed by atoms with Crippen molar-refractivity contribution in [3.8, 4) is 5.75 Å². The molecule has 0 spiro atoms. The molecule has 1 amide bonds. The zero-order valence-electron chi connectivity index (χ0n) is 16.1. The normalized spacial score (nSPS) is 16.3. The molecule has 150 valence electrons. The predicted molar refractivity (Wildman–Crippen MR) is 104 cm³/mol. The molecule has 0 saturated heterocycles. The van der Waals surface area contributed by atoms with Crippen LogP contribution in [0.1, 0.15) is 34.5 Å². The van der Waals surface area contributed by atoms with Crippen LogP contribution in [-0.4, -0.2) is 46.4 Å². The van der Waals surface area contributed by atoms with Gasteiger partial charge in [0.2, 0.25) is 0 Å². The highest BCUT2D eigenvalue weighted by atomic mass is 16.5. The highest BCUT2D eigenvalue weighted by molar-refractivity contribution is 6.08. The van der Waals surface area contributed by atoms with E-state index in [0.29, 0.717) is 17.5 Å². The van der Waals surface area contributed by atoms with E-state index >= 15 is 0 Å². The van der Waals surface area contributed by atoms with Crippen molar-refractivity contribution in [2.24, 2.45) is 0 Å². The zero-order chi connectivity index (χ0) is 21.1.